The van der Waals surface area contributed by atoms with Crippen LogP contribution in [-0.4, -0.2) is 70.3 Å². The van der Waals surface area contributed by atoms with Gasteiger partial charge in [-0.05, 0) is 13.0 Å². The van der Waals surface area contributed by atoms with Crippen molar-refractivity contribution in [1.82, 2.24) is 9.55 Å². The Kier molecular flexibility index (Phi) is 8.65. The van der Waals surface area contributed by atoms with Crippen LogP contribution < -0.4 is 11.0 Å². The fourth-order valence-electron chi connectivity index (χ4n) is 2.64. The topological polar surface area (TPSA) is 165 Å². The van der Waals surface area contributed by atoms with Crippen molar-refractivity contribution in [2.75, 3.05) is 25.5 Å². The quantitative estimate of drug-likeness (QED) is 0.323. The number of aliphatic hydroxyl groups is 2. The lowest BCUT2D eigenvalue weighted by Crippen LogP contribution is -2.38. The van der Waals surface area contributed by atoms with Crippen molar-refractivity contribution in [2.45, 2.75) is 50.9 Å². The summed E-state index contributed by atoms with van der Waals surface area (Å²) in [6, 6.07) is 3.36. The highest BCUT2D eigenvalue weighted by molar-refractivity contribution is 5.87. The van der Waals surface area contributed by atoms with Crippen molar-refractivity contribution >= 4 is 11.7 Å². The maximum absolute atomic E-state index is 12.3. The maximum Gasteiger partial charge on any atom is 0.351 e. The standard InChI is InChI=1S/C17H24N4O8/c1-10(3-5-18)27-8-26-9-28-15-14(24)12(7-22)29-16(15)21-6-4-13(19-11(2)23)20-17(21)25/h4,6,10,12,14-16,22,24H,3,7-9H2,1-2H3,(H,19,20,23,25)/t10?,12?,14-,15?,16?/m0/s1. The third kappa shape index (κ3) is 6.29. The van der Waals surface area contributed by atoms with Gasteiger partial charge in [-0.3, -0.25) is 9.36 Å². The highest BCUT2D eigenvalue weighted by Crippen LogP contribution is 2.30. The number of hydrogen-bond donors (Lipinski definition) is 3. The monoisotopic (exact) mass is 412 g/mol. The fourth-order valence-corrected chi connectivity index (χ4v) is 2.64. The first kappa shape index (κ1) is 22.9. The average Bonchev–Trinajstić information content (AvgIpc) is 2.97. The number of carbonyl (C=O) groups is 1. The molecule has 0 aliphatic carbocycles. The van der Waals surface area contributed by atoms with E-state index in [0.717, 1.165) is 4.57 Å². The predicted octanol–water partition coefficient (Wildman–Crippen LogP) is -0.912. The zero-order valence-electron chi connectivity index (χ0n) is 16.1. The molecule has 0 radical (unpaired) electrons. The minimum Gasteiger partial charge on any atom is -0.394 e. The van der Waals surface area contributed by atoms with Gasteiger partial charge in [0.25, 0.3) is 0 Å². The van der Waals surface area contributed by atoms with E-state index in [0.29, 0.717) is 0 Å². The molecule has 29 heavy (non-hydrogen) atoms. The van der Waals surface area contributed by atoms with Gasteiger partial charge in [0, 0.05) is 13.1 Å². The molecule has 1 amide bonds. The SMILES string of the molecule is CC(=O)Nc1ccn(C2OC(CO)[C@H](O)C2OCOCOC(C)CC#N)c(=O)n1. The van der Waals surface area contributed by atoms with Gasteiger partial charge in [-0.25, -0.2) is 4.79 Å². The van der Waals surface area contributed by atoms with E-state index in [9.17, 15) is 19.8 Å². The first-order valence-electron chi connectivity index (χ1n) is 8.86. The summed E-state index contributed by atoms with van der Waals surface area (Å²) < 4.78 is 22.5. The number of nitrogens with one attached hydrogen (secondary N) is 1. The number of aromatic nitrogens is 2. The third-order valence-electron chi connectivity index (χ3n) is 4.06. The van der Waals surface area contributed by atoms with Crippen LogP contribution in [0, 0.1) is 11.3 Å². The summed E-state index contributed by atoms with van der Waals surface area (Å²) in [5.74, 6) is -0.312. The lowest BCUT2D eigenvalue weighted by atomic mass is 10.1. The number of anilines is 1. The number of aliphatic hydroxyl groups excluding tert-OH is 2. The van der Waals surface area contributed by atoms with Crippen molar-refractivity contribution in [2.24, 2.45) is 0 Å². The van der Waals surface area contributed by atoms with E-state index in [1.54, 1.807) is 6.92 Å². The first-order chi connectivity index (χ1) is 13.9. The maximum atomic E-state index is 12.3. The molecule has 12 heteroatoms. The Hall–Kier alpha value is -2.40. The van der Waals surface area contributed by atoms with E-state index in [-0.39, 0.29) is 37.8 Å². The molecule has 1 aromatic rings. The highest BCUT2D eigenvalue weighted by atomic mass is 16.7. The van der Waals surface area contributed by atoms with Gasteiger partial charge in [0.2, 0.25) is 5.91 Å². The highest BCUT2D eigenvalue weighted by Gasteiger charge is 2.45. The second-order valence-corrected chi connectivity index (χ2v) is 6.33. The lowest BCUT2D eigenvalue weighted by molar-refractivity contribution is -0.183. The molecular weight excluding hydrogens is 388 g/mol. The van der Waals surface area contributed by atoms with E-state index in [1.807, 2.05) is 6.07 Å². The molecule has 2 rings (SSSR count). The average molecular weight is 412 g/mol. The van der Waals surface area contributed by atoms with Crippen LogP contribution in [0.25, 0.3) is 0 Å². The van der Waals surface area contributed by atoms with Gasteiger partial charge < -0.3 is 34.5 Å². The molecule has 12 nitrogen and oxygen atoms in total. The Bertz CT molecular complexity index is 779. The summed E-state index contributed by atoms with van der Waals surface area (Å²) >= 11 is 0. The Morgan fingerprint density at radius 3 is 2.90 bits per heavy atom. The number of carbonyl (C=O) groups excluding carboxylic acids is 1. The minimum absolute atomic E-state index is 0.0699. The molecule has 1 aliphatic rings. The molecule has 1 aliphatic heterocycles. The third-order valence-corrected chi connectivity index (χ3v) is 4.06. The van der Waals surface area contributed by atoms with Crippen LogP contribution in [0.3, 0.4) is 0 Å². The normalized spacial score (nSPS) is 24.8. The number of hydrogen-bond acceptors (Lipinski definition) is 10. The van der Waals surface area contributed by atoms with Crippen LogP contribution in [-0.2, 0) is 23.7 Å². The largest absolute Gasteiger partial charge is 0.394 e. The van der Waals surface area contributed by atoms with Gasteiger partial charge in [0.1, 0.15) is 37.7 Å². The molecule has 0 spiro atoms. The zero-order chi connectivity index (χ0) is 21.4. The molecule has 160 valence electrons. The van der Waals surface area contributed by atoms with Crippen LogP contribution in [0.4, 0.5) is 5.82 Å². The summed E-state index contributed by atoms with van der Waals surface area (Å²) in [6.07, 6.45) is -3.07. The predicted molar refractivity (Wildman–Crippen MR) is 96.3 cm³/mol. The molecule has 1 fully saturated rings. The Morgan fingerprint density at radius 2 is 2.28 bits per heavy atom. The number of nitrogens with zero attached hydrogens (tertiary/aromatic N) is 3. The molecule has 4 unspecified atom stereocenters. The number of rotatable bonds is 10. The molecule has 1 saturated heterocycles. The molecule has 3 N–H and O–H groups in total. The van der Waals surface area contributed by atoms with Gasteiger partial charge in [-0.2, -0.15) is 10.2 Å². The van der Waals surface area contributed by atoms with E-state index in [4.69, 9.17) is 24.2 Å². The van der Waals surface area contributed by atoms with Crippen molar-refractivity contribution in [3.05, 3.63) is 22.7 Å². The smallest absolute Gasteiger partial charge is 0.351 e. The van der Waals surface area contributed by atoms with Crippen molar-refractivity contribution < 1.29 is 34.0 Å². The molecule has 5 atom stereocenters. The summed E-state index contributed by atoms with van der Waals surface area (Å²) in [5.41, 5.74) is -0.741. The molecule has 0 bridgehead atoms. The van der Waals surface area contributed by atoms with Crippen LogP contribution >= 0.6 is 0 Å². The van der Waals surface area contributed by atoms with Gasteiger partial charge >= 0.3 is 5.69 Å². The van der Waals surface area contributed by atoms with Crippen LogP contribution in [0.2, 0.25) is 0 Å². The van der Waals surface area contributed by atoms with Gasteiger partial charge in [-0.1, -0.05) is 0 Å². The Labute approximate surface area is 166 Å². The van der Waals surface area contributed by atoms with E-state index < -0.39 is 36.8 Å². The summed E-state index contributed by atoms with van der Waals surface area (Å²) in [5, 5.41) is 30.7. The summed E-state index contributed by atoms with van der Waals surface area (Å²) in [4.78, 5) is 27.1. The van der Waals surface area contributed by atoms with Gasteiger partial charge in [0.05, 0.1) is 25.2 Å². The number of ether oxygens (including phenoxy) is 4. The van der Waals surface area contributed by atoms with E-state index >= 15 is 0 Å². The van der Waals surface area contributed by atoms with Gasteiger partial charge in [-0.15, -0.1) is 0 Å². The lowest BCUT2D eigenvalue weighted by Gasteiger charge is -2.22. The van der Waals surface area contributed by atoms with Crippen molar-refractivity contribution in [3.63, 3.8) is 0 Å². The Morgan fingerprint density at radius 1 is 1.52 bits per heavy atom. The minimum atomic E-state index is -1.23. The second-order valence-electron chi connectivity index (χ2n) is 6.33. The first-order valence-corrected chi connectivity index (χ1v) is 8.86. The zero-order valence-corrected chi connectivity index (χ0v) is 16.1. The van der Waals surface area contributed by atoms with Crippen molar-refractivity contribution in [1.29, 1.82) is 5.26 Å². The summed E-state index contributed by atoms with van der Waals surface area (Å²) in [7, 11) is 0. The summed E-state index contributed by atoms with van der Waals surface area (Å²) in [6.45, 7) is 2.09. The molecule has 0 saturated carbocycles. The van der Waals surface area contributed by atoms with E-state index in [2.05, 4.69) is 10.3 Å². The van der Waals surface area contributed by atoms with Gasteiger partial charge in [0.15, 0.2) is 6.23 Å². The van der Waals surface area contributed by atoms with Crippen LogP contribution in [0.5, 0.6) is 0 Å². The second kappa shape index (κ2) is 11.0. The molecule has 0 aromatic carbocycles. The number of nitriles is 1. The van der Waals surface area contributed by atoms with Crippen LogP contribution in [0.1, 0.15) is 26.5 Å². The van der Waals surface area contributed by atoms with Crippen LogP contribution in [0.15, 0.2) is 17.1 Å². The molecular formula is C17H24N4O8. The molecule has 1 aromatic heterocycles. The van der Waals surface area contributed by atoms with E-state index in [1.165, 1.54) is 19.2 Å². The number of amides is 1. The van der Waals surface area contributed by atoms with Crippen molar-refractivity contribution in [3.8, 4) is 6.07 Å². The molecule has 2 heterocycles. The Balaban J connectivity index is 2.02. The fraction of sp³-hybridized carbons (Fsp3) is 0.647.